The van der Waals surface area contributed by atoms with Gasteiger partial charge in [-0.15, -0.1) is 0 Å². The van der Waals surface area contributed by atoms with Crippen molar-refractivity contribution < 1.29 is 9.18 Å². The lowest BCUT2D eigenvalue weighted by atomic mass is 9.91. The zero-order valence-corrected chi connectivity index (χ0v) is 16.9. The van der Waals surface area contributed by atoms with Crippen LogP contribution >= 0.6 is 0 Å². The van der Waals surface area contributed by atoms with Crippen LogP contribution in [0.5, 0.6) is 0 Å². The van der Waals surface area contributed by atoms with E-state index in [2.05, 4.69) is 20.4 Å². The Kier molecular flexibility index (Phi) is 6.47. The molecular formula is C23H26FN5O. The fourth-order valence-corrected chi connectivity index (χ4v) is 4.02. The average Bonchev–Trinajstić information content (AvgIpc) is 3.27. The Labute approximate surface area is 175 Å². The van der Waals surface area contributed by atoms with Gasteiger partial charge in [-0.25, -0.2) is 14.4 Å². The number of aromatic nitrogens is 4. The molecular weight excluding hydrogens is 381 g/mol. The number of hydrogen-bond donors (Lipinski definition) is 1. The van der Waals surface area contributed by atoms with E-state index >= 15 is 0 Å². The fourth-order valence-electron chi connectivity index (χ4n) is 4.02. The molecule has 0 radical (unpaired) electrons. The predicted molar refractivity (Wildman–Crippen MR) is 112 cm³/mol. The maximum absolute atomic E-state index is 12.9. The first-order valence-corrected chi connectivity index (χ1v) is 10.5. The monoisotopic (exact) mass is 407 g/mol. The molecule has 0 spiro atoms. The zero-order valence-electron chi connectivity index (χ0n) is 16.9. The van der Waals surface area contributed by atoms with Crippen molar-refractivity contribution in [1.82, 2.24) is 25.1 Å². The minimum atomic E-state index is -0.229. The number of halogens is 1. The highest BCUT2D eigenvalue weighted by molar-refractivity contribution is 5.76. The lowest BCUT2D eigenvalue weighted by Crippen LogP contribution is -2.38. The number of amides is 1. The average molecular weight is 407 g/mol. The second-order valence-electron chi connectivity index (χ2n) is 7.86. The van der Waals surface area contributed by atoms with Gasteiger partial charge in [-0.1, -0.05) is 12.1 Å². The van der Waals surface area contributed by atoms with Crippen molar-refractivity contribution in [2.75, 3.05) is 0 Å². The van der Waals surface area contributed by atoms with Crippen molar-refractivity contribution in [2.45, 2.75) is 57.0 Å². The molecule has 1 amide bonds. The molecule has 4 rings (SSSR count). The van der Waals surface area contributed by atoms with Crippen LogP contribution < -0.4 is 5.32 Å². The molecule has 30 heavy (non-hydrogen) atoms. The van der Waals surface area contributed by atoms with Crippen LogP contribution in [0.4, 0.5) is 4.39 Å². The molecule has 6 nitrogen and oxygen atoms in total. The van der Waals surface area contributed by atoms with E-state index < -0.39 is 0 Å². The van der Waals surface area contributed by atoms with Gasteiger partial charge in [0.25, 0.3) is 0 Å². The van der Waals surface area contributed by atoms with E-state index in [0.717, 1.165) is 55.3 Å². The molecule has 0 aliphatic heterocycles. The molecule has 1 aromatic carbocycles. The van der Waals surface area contributed by atoms with Crippen molar-refractivity contribution in [2.24, 2.45) is 0 Å². The molecule has 7 heteroatoms. The molecule has 0 atom stereocenters. The lowest BCUT2D eigenvalue weighted by Gasteiger charge is -2.29. The molecule has 0 unspecified atom stereocenters. The summed E-state index contributed by atoms with van der Waals surface area (Å²) in [5, 5.41) is 7.69. The van der Waals surface area contributed by atoms with E-state index in [9.17, 15) is 9.18 Å². The SMILES string of the molecule is O=C(CCCc1ccc(F)cc1)NC1CCC(n2cc(-c3ccncn3)cn2)CC1. The first-order valence-electron chi connectivity index (χ1n) is 10.5. The molecule has 2 heterocycles. The lowest BCUT2D eigenvalue weighted by molar-refractivity contribution is -0.122. The molecule has 1 saturated carbocycles. The fraction of sp³-hybridized carbons (Fsp3) is 0.391. The maximum atomic E-state index is 12.9. The predicted octanol–water partition coefficient (Wildman–Crippen LogP) is 4.10. The van der Waals surface area contributed by atoms with Crippen LogP contribution in [0.15, 0.2) is 55.2 Å². The summed E-state index contributed by atoms with van der Waals surface area (Å²) in [4.78, 5) is 20.5. The molecule has 1 fully saturated rings. The van der Waals surface area contributed by atoms with E-state index in [4.69, 9.17) is 0 Å². The molecule has 156 valence electrons. The molecule has 3 aromatic rings. The number of benzene rings is 1. The summed E-state index contributed by atoms with van der Waals surface area (Å²) in [5.41, 5.74) is 2.93. The van der Waals surface area contributed by atoms with Gasteiger partial charge in [0.05, 0.1) is 17.9 Å². The number of carbonyl (C=O) groups is 1. The summed E-state index contributed by atoms with van der Waals surface area (Å²) in [6.07, 6.45) is 13.1. The van der Waals surface area contributed by atoms with E-state index in [-0.39, 0.29) is 17.8 Å². The third kappa shape index (κ3) is 5.28. The normalized spacial score (nSPS) is 18.8. The zero-order chi connectivity index (χ0) is 20.8. The second kappa shape index (κ2) is 9.61. The Morgan fingerprint density at radius 3 is 2.67 bits per heavy atom. The van der Waals surface area contributed by atoms with Crippen LogP contribution in [-0.4, -0.2) is 31.7 Å². The summed E-state index contributed by atoms with van der Waals surface area (Å²) < 4.78 is 15.0. The third-order valence-electron chi connectivity index (χ3n) is 5.70. The van der Waals surface area contributed by atoms with Crippen molar-refractivity contribution in [3.05, 3.63) is 66.6 Å². The van der Waals surface area contributed by atoms with Crippen LogP contribution in [0.1, 0.15) is 50.1 Å². The first kappa shape index (κ1) is 20.2. The van der Waals surface area contributed by atoms with Crippen LogP contribution in [-0.2, 0) is 11.2 Å². The molecule has 2 aromatic heterocycles. The molecule has 1 N–H and O–H groups in total. The quantitative estimate of drug-likeness (QED) is 0.640. The van der Waals surface area contributed by atoms with Gasteiger partial charge in [0.2, 0.25) is 5.91 Å². The van der Waals surface area contributed by atoms with Gasteiger partial charge in [-0.3, -0.25) is 9.48 Å². The number of hydrogen-bond acceptors (Lipinski definition) is 4. The summed E-state index contributed by atoms with van der Waals surface area (Å²) in [5.74, 6) is -0.127. The highest BCUT2D eigenvalue weighted by Crippen LogP contribution is 2.29. The molecule has 0 bridgehead atoms. The van der Waals surface area contributed by atoms with Crippen LogP contribution in [0.2, 0.25) is 0 Å². The molecule has 1 aliphatic carbocycles. The van der Waals surface area contributed by atoms with Crippen molar-refractivity contribution in [3.8, 4) is 11.3 Å². The Balaban J connectivity index is 1.19. The van der Waals surface area contributed by atoms with Gasteiger partial charge < -0.3 is 5.32 Å². The largest absolute Gasteiger partial charge is 0.353 e. The second-order valence-corrected chi connectivity index (χ2v) is 7.86. The van der Waals surface area contributed by atoms with Crippen LogP contribution in [0.25, 0.3) is 11.3 Å². The van der Waals surface area contributed by atoms with Gasteiger partial charge >= 0.3 is 0 Å². The van der Waals surface area contributed by atoms with Gasteiger partial charge in [-0.05, 0) is 62.3 Å². The maximum Gasteiger partial charge on any atom is 0.220 e. The topological polar surface area (TPSA) is 72.7 Å². The third-order valence-corrected chi connectivity index (χ3v) is 5.70. The Morgan fingerprint density at radius 1 is 1.13 bits per heavy atom. The van der Waals surface area contributed by atoms with Gasteiger partial charge in [0.1, 0.15) is 12.1 Å². The van der Waals surface area contributed by atoms with Gasteiger partial charge in [0, 0.05) is 30.4 Å². The summed E-state index contributed by atoms with van der Waals surface area (Å²) in [7, 11) is 0. The van der Waals surface area contributed by atoms with E-state index in [0.29, 0.717) is 12.5 Å². The Hall–Kier alpha value is -3.09. The van der Waals surface area contributed by atoms with E-state index in [1.54, 1.807) is 24.7 Å². The minimum Gasteiger partial charge on any atom is -0.353 e. The minimum absolute atomic E-state index is 0.102. The highest BCUT2D eigenvalue weighted by atomic mass is 19.1. The summed E-state index contributed by atoms with van der Waals surface area (Å²) in [6.45, 7) is 0. The number of nitrogens with one attached hydrogen (secondary N) is 1. The van der Waals surface area contributed by atoms with E-state index in [1.807, 2.05) is 23.1 Å². The number of aryl methyl sites for hydroxylation is 1. The number of nitrogens with zero attached hydrogens (tertiary/aromatic N) is 4. The molecule has 0 saturated heterocycles. The number of carbonyl (C=O) groups excluding carboxylic acids is 1. The van der Waals surface area contributed by atoms with Gasteiger partial charge in [-0.2, -0.15) is 5.10 Å². The van der Waals surface area contributed by atoms with Crippen LogP contribution in [0, 0.1) is 5.82 Å². The standard InChI is InChI=1S/C23H26FN5O/c24-19-6-4-17(5-7-19)2-1-3-23(30)28-20-8-10-21(11-9-20)29-15-18(14-27-29)22-12-13-25-16-26-22/h4-7,12-16,20-21H,1-3,8-11H2,(H,28,30). The van der Waals surface area contributed by atoms with E-state index in [1.165, 1.54) is 12.1 Å². The van der Waals surface area contributed by atoms with Gasteiger partial charge in [0.15, 0.2) is 0 Å². The first-order chi connectivity index (χ1) is 14.7. The van der Waals surface area contributed by atoms with Crippen LogP contribution in [0.3, 0.4) is 0 Å². The smallest absolute Gasteiger partial charge is 0.220 e. The number of rotatable bonds is 7. The van der Waals surface area contributed by atoms with Crippen molar-refractivity contribution >= 4 is 5.91 Å². The highest BCUT2D eigenvalue weighted by Gasteiger charge is 2.24. The summed E-state index contributed by atoms with van der Waals surface area (Å²) >= 11 is 0. The Morgan fingerprint density at radius 2 is 1.93 bits per heavy atom. The Bertz CT molecular complexity index is 949. The van der Waals surface area contributed by atoms with Crippen molar-refractivity contribution in [1.29, 1.82) is 0 Å². The summed E-state index contributed by atoms with van der Waals surface area (Å²) in [6, 6.07) is 8.95. The van der Waals surface area contributed by atoms with Crippen molar-refractivity contribution in [3.63, 3.8) is 0 Å². The molecule has 1 aliphatic rings.